The Morgan fingerprint density at radius 3 is 2.42 bits per heavy atom. The number of hydrogen-bond acceptors (Lipinski definition) is 1. The summed E-state index contributed by atoms with van der Waals surface area (Å²) >= 11 is 0. The van der Waals surface area contributed by atoms with Crippen molar-refractivity contribution in [1.82, 2.24) is 0 Å². The van der Waals surface area contributed by atoms with Gasteiger partial charge in [0, 0.05) is 6.04 Å². The smallest absolute Gasteiger partial charge is 0.00955 e. The second-order valence-corrected chi connectivity index (χ2v) is 5.15. The van der Waals surface area contributed by atoms with Gasteiger partial charge in [0.2, 0.25) is 0 Å². The molecule has 1 heteroatoms. The minimum Gasteiger partial charge on any atom is -0.327 e. The maximum Gasteiger partial charge on any atom is 0.00955 e. The summed E-state index contributed by atoms with van der Waals surface area (Å²) in [7, 11) is 0. The Labute approximate surface area is 75.7 Å². The second kappa shape index (κ2) is 3.02. The first-order valence-electron chi connectivity index (χ1n) is 5.46. The molecule has 1 atom stereocenters. The summed E-state index contributed by atoms with van der Waals surface area (Å²) in [4.78, 5) is 0. The fourth-order valence-corrected chi connectivity index (χ4v) is 2.46. The van der Waals surface area contributed by atoms with Crippen LogP contribution in [0.2, 0.25) is 0 Å². The van der Waals surface area contributed by atoms with E-state index in [9.17, 15) is 0 Å². The van der Waals surface area contributed by atoms with Crippen LogP contribution in [0.1, 0.15) is 51.9 Å². The lowest BCUT2D eigenvalue weighted by molar-refractivity contribution is 0.345. The Balaban J connectivity index is 1.78. The minimum absolute atomic E-state index is 0.501. The third-order valence-corrected chi connectivity index (χ3v) is 4.00. The number of rotatable bonds is 3. The fraction of sp³-hybridized carbons (Fsp3) is 1.00. The fourth-order valence-electron chi connectivity index (χ4n) is 2.46. The second-order valence-electron chi connectivity index (χ2n) is 5.15. The Kier molecular flexibility index (Phi) is 2.16. The average molecular weight is 167 g/mol. The molecule has 0 bridgehead atoms. The Bertz CT molecular complexity index is 154. The lowest BCUT2D eigenvalue weighted by atomic mass is 9.89. The van der Waals surface area contributed by atoms with Gasteiger partial charge in [0.1, 0.15) is 0 Å². The molecule has 2 rings (SSSR count). The maximum atomic E-state index is 6.19. The van der Waals surface area contributed by atoms with Gasteiger partial charge in [-0.2, -0.15) is 0 Å². The van der Waals surface area contributed by atoms with Crippen molar-refractivity contribution in [1.29, 1.82) is 0 Å². The van der Waals surface area contributed by atoms with E-state index in [0.717, 1.165) is 5.92 Å². The molecule has 0 aliphatic heterocycles. The molecule has 2 aliphatic carbocycles. The number of hydrogen-bond donors (Lipinski definition) is 1. The van der Waals surface area contributed by atoms with Crippen molar-refractivity contribution in [3.63, 3.8) is 0 Å². The van der Waals surface area contributed by atoms with Crippen LogP contribution in [0.15, 0.2) is 0 Å². The van der Waals surface area contributed by atoms with Gasteiger partial charge in [0.15, 0.2) is 0 Å². The van der Waals surface area contributed by atoms with E-state index in [-0.39, 0.29) is 0 Å². The van der Waals surface area contributed by atoms with Crippen molar-refractivity contribution in [2.75, 3.05) is 0 Å². The van der Waals surface area contributed by atoms with Crippen molar-refractivity contribution in [2.45, 2.75) is 57.9 Å². The highest BCUT2D eigenvalue weighted by molar-refractivity contribution is 4.97. The normalized spacial score (nSPS) is 30.5. The summed E-state index contributed by atoms with van der Waals surface area (Å²) in [5, 5.41) is 0. The van der Waals surface area contributed by atoms with Crippen LogP contribution in [-0.4, -0.2) is 6.04 Å². The van der Waals surface area contributed by atoms with Gasteiger partial charge in [-0.3, -0.25) is 0 Å². The molecule has 0 aromatic rings. The molecule has 2 saturated carbocycles. The molecular weight excluding hydrogens is 146 g/mol. The van der Waals surface area contributed by atoms with Gasteiger partial charge in [-0.05, 0) is 30.6 Å². The van der Waals surface area contributed by atoms with Gasteiger partial charge in [-0.15, -0.1) is 0 Å². The van der Waals surface area contributed by atoms with Crippen molar-refractivity contribution in [2.24, 2.45) is 17.1 Å². The van der Waals surface area contributed by atoms with Crippen LogP contribution in [0.4, 0.5) is 0 Å². The Hall–Kier alpha value is -0.0400. The van der Waals surface area contributed by atoms with Crippen molar-refractivity contribution in [3.05, 3.63) is 0 Å². The van der Waals surface area contributed by atoms with Crippen LogP contribution in [0.5, 0.6) is 0 Å². The van der Waals surface area contributed by atoms with E-state index >= 15 is 0 Å². The third kappa shape index (κ3) is 1.66. The largest absolute Gasteiger partial charge is 0.327 e. The molecule has 2 aliphatic rings. The summed E-state index contributed by atoms with van der Waals surface area (Å²) in [6, 6.07) is 0.501. The van der Waals surface area contributed by atoms with Crippen molar-refractivity contribution < 1.29 is 0 Å². The standard InChI is InChI=1S/C11H21N/c1-11(6-7-11)10(12)8-9-4-2-3-5-9/h9-10H,2-8,12H2,1H3. The first-order chi connectivity index (χ1) is 5.71. The van der Waals surface area contributed by atoms with E-state index in [0.29, 0.717) is 11.5 Å². The maximum absolute atomic E-state index is 6.19. The van der Waals surface area contributed by atoms with E-state index in [4.69, 9.17) is 5.73 Å². The first kappa shape index (κ1) is 8.55. The molecule has 0 radical (unpaired) electrons. The van der Waals surface area contributed by atoms with Gasteiger partial charge in [-0.1, -0.05) is 32.6 Å². The summed E-state index contributed by atoms with van der Waals surface area (Å²) in [5.74, 6) is 0.970. The van der Waals surface area contributed by atoms with Gasteiger partial charge < -0.3 is 5.73 Å². The molecule has 1 unspecified atom stereocenters. The molecule has 12 heavy (non-hydrogen) atoms. The van der Waals surface area contributed by atoms with E-state index in [2.05, 4.69) is 6.92 Å². The van der Waals surface area contributed by atoms with Crippen molar-refractivity contribution >= 4 is 0 Å². The third-order valence-electron chi connectivity index (χ3n) is 4.00. The zero-order valence-electron chi connectivity index (χ0n) is 8.18. The summed E-state index contributed by atoms with van der Waals surface area (Å²) in [6.07, 6.45) is 9.86. The van der Waals surface area contributed by atoms with Crippen LogP contribution in [-0.2, 0) is 0 Å². The summed E-state index contributed by atoms with van der Waals surface area (Å²) in [6.45, 7) is 2.35. The topological polar surface area (TPSA) is 26.0 Å². The molecule has 2 fully saturated rings. The molecule has 0 aromatic heterocycles. The number of nitrogens with two attached hydrogens (primary N) is 1. The average Bonchev–Trinajstić information content (AvgIpc) is 2.63. The van der Waals surface area contributed by atoms with Gasteiger partial charge in [-0.25, -0.2) is 0 Å². The van der Waals surface area contributed by atoms with Crippen molar-refractivity contribution in [3.8, 4) is 0 Å². The molecule has 0 spiro atoms. The highest BCUT2D eigenvalue weighted by Gasteiger charge is 2.43. The molecule has 70 valence electrons. The predicted octanol–water partition coefficient (Wildman–Crippen LogP) is 2.69. The van der Waals surface area contributed by atoms with Crippen LogP contribution >= 0.6 is 0 Å². The molecule has 2 N–H and O–H groups in total. The molecule has 0 aromatic carbocycles. The molecule has 0 heterocycles. The quantitative estimate of drug-likeness (QED) is 0.687. The van der Waals surface area contributed by atoms with E-state index in [1.165, 1.54) is 44.9 Å². The Morgan fingerprint density at radius 1 is 1.33 bits per heavy atom. The zero-order valence-corrected chi connectivity index (χ0v) is 8.18. The van der Waals surface area contributed by atoms with Crippen LogP contribution < -0.4 is 5.73 Å². The highest BCUT2D eigenvalue weighted by atomic mass is 14.7. The van der Waals surface area contributed by atoms with E-state index < -0.39 is 0 Å². The SMILES string of the molecule is CC1(C(N)CC2CCCC2)CC1. The minimum atomic E-state index is 0.501. The summed E-state index contributed by atoms with van der Waals surface area (Å²) < 4.78 is 0. The predicted molar refractivity (Wildman–Crippen MR) is 51.9 cm³/mol. The van der Waals surface area contributed by atoms with Gasteiger partial charge >= 0.3 is 0 Å². The lowest BCUT2D eigenvalue weighted by Crippen LogP contribution is -2.31. The van der Waals surface area contributed by atoms with Crippen LogP contribution in [0.3, 0.4) is 0 Å². The van der Waals surface area contributed by atoms with Crippen LogP contribution in [0.25, 0.3) is 0 Å². The molecule has 0 amide bonds. The first-order valence-corrected chi connectivity index (χ1v) is 5.46. The highest BCUT2D eigenvalue weighted by Crippen LogP contribution is 2.49. The summed E-state index contributed by atoms with van der Waals surface area (Å²) in [5.41, 5.74) is 6.74. The Morgan fingerprint density at radius 2 is 1.92 bits per heavy atom. The molecule has 0 saturated heterocycles. The lowest BCUT2D eigenvalue weighted by Gasteiger charge is -2.21. The molecular formula is C11H21N. The van der Waals surface area contributed by atoms with E-state index in [1.54, 1.807) is 0 Å². The van der Waals surface area contributed by atoms with Gasteiger partial charge in [0.05, 0.1) is 0 Å². The van der Waals surface area contributed by atoms with E-state index in [1.807, 2.05) is 0 Å². The zero-order chi connectivity index (χ0) is 8.60. The van der Waals surface area contributed by atoms with Gasteiger partial charge in [0.25, 0.3) is 0 Å². The molecule has 1 nitrogen and oxygen atoms in total. The monoisotopic (exact) mass is 167 g/mol. The van der Waals surface area contributed by atoms with Crippen LogP contribution in [0, 0.1) is 11.3 Å².